The fourth-order valence-electron chi connectivity index (χ4n) is 2.79. The number of methoxy groups -OCH3 is 1. The van der Waals surface area contributed by atoms with Crippen LogP contribution in [0.2, 0.25) is 0 Å². The predicted molar refractivity (Wildman–Crippen MR) is 115 cm³/mol. The lowest BCUT2D eigenvalue weighted by Gasteiger charge is -2.22. The molecule has 0 saturated carbocycles. The van der Waals surface area contributed by atoms with Crippen molar-refractivity contribution in [3.05, 3.63) is 35.4 Å². The first-order valence-corrected chi connectivity index (χ1v) is 8.94. The molecule has 2 rings (SSSR count). The molecule has 0 spiro atoms. The SMILES string of the molecule is CN=C(NCc1cccc(COC2CCOCC2)c1)NC(C)COC.I. The monoisotopic (exact) mass is 477 g/mol. The fourth-order valence-corrected chi connectivity index (χ4v) is 2.79. The summed E-state index contributed by atoms with van der Waals surface area (Å²) in [6.07, 6.45) is 2.30. The van der Waals surface area contributed by atoms with Crippen molar-refractivity contribution in [2.45, 2.75) is 45.1 Å². The lowest BCUT2D eigenvalue weighted by Crippen LogP contribution is -2.43. The molecule has 6 nitrogen and oxygen atoms in total. The number of halogens is 1. The Balaban J connectivity index is 0.00000338. The summed E-state index contributed by atoms with van der Waals surface area (Å²) in [6.45, 7) is 5.68. The van der Waals surface area contributed by atoms with Crippen LogP contribution in [0.25, 0.3) is 0 Å². The summed E-state index contributed by atoms with van der Waals surface area (Å²) >= 11 is 0. The third-order valence-electron chi connectivity index (χ3n) is 4.13. The van der Waals surface area contributed by atoms with Gasteiger partial charge in [-0.15, -0.1) is 24.0 Å². The van der Waals surface area contributed by atoms with Crippen molar-refractivity contribution in [1.82, 2.24) is 10.6 Å². The van der Waals surface area contributed by atoms with Crippen molar-refractivity contribution < 1.29 is 14.2 Å². The molecule has 7 heteroatoms. The van der Waals surface area contributed by atoms with E-state index in [0.717, 1.165) is 32.0 Å². The van der Waals surface area contributed by atoms with Gasteiger partial charge in [0.05, 0.1) is 19.3 Å². The molecule has 1 atom stereocenters. The Morgan fingerprint density at radius 3 is 2.73 bits per heavy atom. The van der Waals surface area contributed by atoms with Crippen molar-refractivity contribution in [2.75, 3.05) is 34.0 Å². The molecule has 1 aliphatic rings. The summed E-state index contributed by atoms with van der Waals surface area (Å²) in [5.74, 6) is 0.772. The van der Waals surface area contributed by atoms with Crippen molar-refractivity contribution >= 4 is 29.9 Å². The molecule has 1 aromatic carbocycles. The summed E-state index contributed by atoms with van der Waals surface area (Å²) in [6, 6.07) is 8.67. The number of aliphatic imine (C=N–C) groups is 1. The normalized spacial score (nSPS) is 16.7. The Morgan fingerprint density at radius 2 is 2.04 bits per heavy atom. The maximum atomic E-state index is 6.00. The van der Waals surface area contributed by atoms with Gasteiger partial charge in [-0.2, -0.15) is 0 Å². The highest BCUT2D eigenvalue weighted by Crippen LogP contribution is 2.14. The minimum absolute atomic E-state index is 0. The largest absolute Gasteiger partial charge is 0.383 e. The number of ether oxygens (including phenoxy) is 3. The molecule has 1 aromatic rings. The first kappa shape index (κ1) is 23.1. The minimum atomic E-state index is 0. The Labute approximate surface area is 174 Å². The molecule has 2 N–H and O–H groups in total. The smallest absolute Gasteiger partial charge is 0.191 e. The average molecular weight is 477 g/mol. The molecule has 1 aliphatic heterocycles. The molecule has 1 saturated heterocycles. The second-order valence-corrected chi connectivity index (χ2v) is 6.37. The topological polar surface area (TPSA) is 64.1 Å². The van der Waals surface area contributed by atoms with Crippen LogP contribution in [0.15, 0.2) is 29.3 Å². The van der Waals surface area contributed by atoms with E-state index < -0.39 is 0 Å². The van der Waals surface area contributed by atoms with Gasteiger partial charge in [0.2, 0.25) is 0 Å². The van der Waals surface area contributed by atoms with Crippen molar-refractivity contribution in [1.29, 1.82) is 0 Å². The molecular weight excluding hydrogens is 445 g/mol. The molecule has 0 amide bonds. The van der Waals surface area contributed by atoms with Crippen LogP contribution in [0.5, 0.6) is 0 Å². The van der Waals surface area contributed by atoms with Gasteiger partial charge >= 0.3 is 0 Å². The van der Waals surface area contributed by atoms with Crippen molar-refractivity contribution in [2.24, 2.45) is 4.99 Å². The number of hydrogen-bond acceptors (Lipinski definition) is 4. The molecule has 148 valence electrons. The molecular formula is C19H32IN3O3. The predicted octanol–water partition coefficient (Wildman–Crippen LogP) is 2.70. The van der Waals surface area contributed by atoms with E-state index in [0.29, 0.717) is 25.9 Å². The number of nitrogens with zero attached hydrogens (tertiary/aromatic N) is 1. The van der Waals surface area contributed by atoms with Crippen LogP contribution >= 0.6 is 24.0 Å². The van der Waals surface area contributed by atoms with Gasteiger partial charge in [0.25, 0.3) is 0 Å². The Hall–Kier alpha value is -0.900. The lowest BCUT2D eigenvalue weighted by molar-refractivity contribution is -0.0390. The third-order valence-corrected chi connectivity index (χ3v) is 4.13. The second-order valence-electron chi connectivity index (χ2n) is 6.37. The summed E-state index contributed by atoms with van der Waals surface area (Å²) in [5, 5.41) is 6.63. The Morgan fingerprint density at radius 1 is 1.31 bits per heavy atom. The van der Waals surface area contributed by atoms with E-state index in [4.69, 9.17) is 14.2 Å². The van der Waals surface area contributed by atoms with Gasteiger partial charge in [0.1, 0.15) is 0 Å². The Bertz CT molecular complexity index is 537. The van der Waals surface area contributed by atoms with Gasteiger partial charge in [0, 0.05) is 40.0 Å². The number of guanidine groups is 1. The van der Waals surface area contributed by atoms with Crippen molar-refractivity contribution in [3.8, 4) is 0 Å². The number of hydrogen-bond donors (Lipinski definition) is 2. The highest BCUT2D eigenvalue weighted by Gasteiger charge is 2.14. The van der Waals surface area contributed by atoms with Crippen LogP contribution in [0, 0.1) is 0 Å². The quantitative estimate of drug-likeness (QED) is 0.343. The lowest BCUT2D eigenvalue weighted by atomic mass is 10.1. The van der Waals surface area contributed by atoms with Gasteiger partial charge in [-0.05, 0) is 30.9 Å². The maximum Gasteiger partial charge on any atom is 0.191 e. The molecule has 1 fully saturated rings. The molecule has 0 aromatic heterocycles. The van der Waals surface area contributed by atoms with Crippen LogP contribution in [-0.4, -0.2) is 52.1 Å². The standard InChI is InChI=1S/C19H31N3O3.HI/c1-15(13-23-3)22-19(20-2)21-12-16-5-4-6-17(11-16)14-25-18-7-9-24-10-8-18;/h4-6,11,15,18H,7-10,12-14H2,1-3H3,(H2,20,21,22);1H. The zero-order valence-corrected chi connectivity index (χ0v) is 18.3. The van der Waals surface area contributed by atoms with Crippen LogP contribution in [0.1, 0.15) is 30.9 Å². The van der Waals surface area contributed by atoms with E-state index in [2.05, 4.69) is 46.8 Å². The van der Waals surface area contributed by atoms with Crippen molar-refractivity contribution in [3.63, 3.8) is 0 Å². The average Bonchev–Trinajstić information content (AvgIpc) is 2.65. The third kappa shape index (κ3) is 8.66. The summed E-state index contributed by atoms with van der Waals surface area (Å²) in [4.78, 5) is 4.25. The van der Waals surface area contributed by atoms with E-state index in [1.54, 1.807) is 14.2 Å². The zero-order valence-electron chi connectivity index (χ0n) is 16.0. The zero-order chi connectivity index (χ0) is 17.9. The van der Waals surface area contributed by atoms with Crippen LogP contribution in [0.3, 0.4) is 0 Å². The number of nitrogens with one attached hydrogen (secondary N) is 2. The highest BCUT2D eigenvalue weighted by atomic mass is 127. The summed E-state index contributed by atoms with van der Waals surface area (Å²) in [7, 11) is 3.47. The molecule has 0 bridgehead atoms. The summed E-state index contributed by atoms with van der Waals surface area (Å²) in [5.41, 5.74) is 2.40. The maximum absolute atomic E-state index is 6.00. The van der Waals surface area contributed by atoms with Gasteiger partial charge in [-0.3, -0.25) is 4.99 Å². The molecule has 1 unspecified atom stereocenters. The Kier molecular flexibility index (Phi) is 11.8. The van der Waals surface area contributed by atoms with E-state index in [-0.39, 0.29) is 30.0 Å². The minimum Gasteiger partial charge on any atom is -0.383 e. The first-order chi connectivity index (χ1) is 12.2. The van der Waals surface area contributed by atoms with Gasteiger partial charge in [0.15, 0.2) is 5.96 Å². The summed E-state index contributed by atoms with van der Waals surface area (Å²) < 4.78 is 16.5. The fraction of sp³-hybridized carbons (Fsp3) is 0.632. The van der Waals surface area contributed by atoms with E-state index in [1.807, 2.05) is 0 Å². The van der Waals surface area contributed by atoms with E-state index in [9.17, 15) is 0 Å². The molecule has 0 aliphatic carbocycles. The number of benzene rings is 1. The molecule has 26 heavy (non-hydrogen) atoms. The highest BCUT2D eigenvalue weighted by molar-refractivity contribution is 14.0. The van der Waals surface area contributed by atoms with E-state index >= 15 is 0 Å². The van der Waals surface area contributed by atoms with Gasteiger partial charge in [-0.25, -0.2) is 0 Å². The second kappa shape index (κ2) is 13.3. The molecule has 0 radical (unpaired) electrons. The van der Waals surface area contributed by atoms with Crippen LogP contribution < -0.4 is 10.6 Å². The van der Waals surface area contributed by atoms with Gasteiger partial charge < -0.3 is 24.8 Å². The van der Waals surface area contributed by atoms with E-state index in [1.165, 1.54) is 11.1 Å². The molecule has 1 heterocycles. The number of rotatable bonds is 8. The van der Waals surface area contributed by atoms with Crippen LogP contribution in [0.4, 0.5) is 0 Å². The first-order valence-electron chi connectivity index (χ1n) is 8.94. The van der Waals surface area contributed by atoms with Gasteiger partial charge in [-0.1, -0.05) is 24.3 Å². The van der Waals surface area contributed by atoms with Crippen LogP contribution in [-0.2, 0) is 27.4 Å².